The summed E-state index contributed by atoms with van der Waals surface area (Å²) in [4.78, 5) is 12.1. The van der Waals surface area contributed by atoms with Crippen molar-refractivity contribution >= 4 is 5.91 Å². The molecule has 2 heterocycles. The summed E-state index contributed by atoms with van der Waals surface area (Å²) in [5.41, 5.74) is 0.546. The van der Waals surface area contributed by atoms with E-state index in [0.29, 0.717) is 5.69 Å². The highest BCUT2D eigenvalue weighted by atomic mass is 16.2. The highest BCUT2D eigenvalue weighted by Gasteiger charge is 2.38. The molecule has 0 bridgehead atoms. The minimum atomic E-state index is -0.0842. The second kappa shape index (κ2) is 4.63. The molecule has 2 N–H and O–H groups in total. The van der Waals surface area contributed by atoms with E-state index in [1.54, 1.807) is 16.9 Å². The Bertz CT molecular complexity index is 460. The second-order valence-electron chi connectivity index (χ2n) is 6.85. The van der Waals surface area contributed by atoms with Gasteiger partial charge in [-0.05, 0) is 46.6 Å². The summed E-state index contributed by atoms with van der Waals surface area (Å²) in [5, 5.41) is 10.9. The molecular weight excluding hydrogens is 240 g/mol. The molecule has 1 saturated heterocycles. The van der Waals surface area contributed by atoms with Gasteiger partial charge in [-0.25, -0.2) is 0 Å². The summed E-state index contributed by atoms with van der Waals surface area (Å²) in [6.45, 7) is 8.70. The van der Waals surface area contributed by atoms with Gasteiger partial charge in [0, 0.05) is 30.4 Å². The quantitative estimate of drug-likeness (QED) is 0.850. The molecule has 2 rings (SSSR count). The van der Waals surface area contributed by atoms with E-state index >= 15 is 0 Å². The van der Waals surface area contributed by atoms with Crippen LogP contribution in [0, 0.1) is 0 Å². The average molecular weight is 264 g/mol. The maximum Gasteiger partial charge on any atom is 0.271 e. The van der Waals surface area contributed by atoms with Crippen LogP contribution >= 0.6 is 0 Å². The van der Waals surface area contributed by atoms with Gasteiger partial charge in [0.15, 0.2) is 0 Å². The van der Waals surface area contributed by atoms with Crippen LogP contribution < -0.4 is 10.6 Å². The first-order chi connectivity index (χ1) is 8.67. The van der Waals surface area contributed by atoms with Crippen LogP contribution in [0.2, 0.25) is 0 Å². The van der Waals surface area contributed by atoms with E-state index in [-0.39, 0.29) is 23.0 Å². The van der Waals surface area contributed by atoms with Crippen LogP contribution in [0.5, 0.6) is 0 Å². The first-order valence-electron chi connectivity index (χ1n) is 6.77. The lowest BCUT2D eigenvalue weighted by molar-refractivity contribution is 0.0867. The number of nitrogens with one attached hydrogen (secondary N) is 2. The fourth-order valence-electron chi connectivity index (χ4n) is 3.22. The summed E-state index contributed by atoms with van der Waals surface area (Å²) in [7, 11) is 1.81. The van der Waals surface area contributed by atoms with Crippen molar-refractivity contribution < 1.29 is 4.79 Å². The van der Waals surface area contributed by atoms with E-state index in [4.69, 9.17) is 0 Å². The maximum absolute atomic E-state index is 12.1. The standard InChI is InChI=1S/C14H24N4O/c1-13(2)8-10(9-14(3,4)17-13)15-12(19)11-6-7-18(5)16-11/h6-7,10,17H,8-9H2,1-5H3,(H,15,19). The molecule has 0 radical (unpaired) electrons. The fraction of sp³-hybridized carbons (Fsp3) is 0.714. The molecule has 5 heteroatoms. The monoisotopic (exact) mass is 264 g/mol. The third-order valence-corrected chi connectivity index (χ3v) is 3.47. The number of hydrogen-bond donors (Lipinski definition) is 2. The highest BCUT2D eigenvalue weighted by molar-refractivity contribution is 5.92. The number of piperidine rings is 1. The zero-order valence-electron chi connectivity index (χ0n) is 12.4. The van der Waals surface area contributed by atoms with E-state index in [1.807, 2.05) is 7.05 Å². The minimum absolute atomic E-state index is 0.0316. The number of nitrogens with zero attached hydrogens (tertiary/aromatic N) is 2. The van der Waals surface area contributed by atoms with Crippen LogP contribution in [0.4, 0.5) is 0 Å². The fourth-order valence-corrected chi connectivity index (χ4v) is 3.22. The van der Waals surface area contributed by atoms with Crippen molar-refractivity contribution in [2.45, 2.75) is 57.7 Å². The van der Waals surface area contributed by atoms with Crippen LogP contribution in [0.15, 0.2) is 12.3 Å². The summed E-state index contributed by atoms with van der Waals surface area (Å²) >= 11 is 0. The molecule has 106 valence electrons. The van der Waals surface area contributed by atoms with Crippen molar-refractivity contribution in [2.24, 2.45) is 7.05 Å². The van der Waals surface area contributed by atoms with E-state index in [0.717, 1.165) is 12.8 Å². The van der Waals surface area contributed by atoms with Crippen molar-refractivity contribution in [3.63, 3.8) is 0 Å². The number of rotatable bonds is 2. The normalized spacial score (nSPS) is 22.2. The predicted octanol–water partition coefficient (Wildman–Crippen LogP) is 1.46. The molecule has 0 saturated carbocycles. The van der Waals surface area contributed by atoms with Gasteiger partial charge in [0.05, 0.1) is 0 Å². The summed E-state index contributed by atoms with van der Waals surface area (Å²) in [6, 6.07) is 1.92. The van der Waals surface area contributed by atoms with E-state index in [1.165, 1.54) is 0 Å². The average Bonchev–Trinajstić information content (AvgIpc) is 2.59. The zero-order valence-corrected chi connectivity index (χ0v) is 12.4. The first kappa shape index (κ1) is 14.1. The number of amides is 1. The summed E-state index contributed by atoms with van der Waals surface area (Å²) < 4.78 is 1.64. The molecule has 0 aromatic carbocycles. The lowest BCUT2D eigenvalue weighted by atomic mass is 9.79. The molecule has 19 heavy (non-hydrogen) atoms. The van der Waals surface area contributed by atoms with E-state index in [2.05, 4.69) is 43.4 Å². The lowest BCUT2D eigenvalue weighted by Gasteiger charge is -2.46. The van der Waals surface area contributed by atoms with E-state index in [9.17, 15) is 4.79 Å². The molecule has 1 aliphatic heterocycles. The molecule has 1 amide bonds. The van der Waals surface area contributed by atoms with E-state index < -0.39 is 0 Å². The number of aryl methyl sites for hydroxylation is 1. The highest BCUT2D eigenvalue weighted by Crippen LogP contribution is 2.28. The Hall–Kier alpha value is -1.36. The molecule has 1 aliphatic rings. The lowest BCUT2D eigenvalue weighted by Crippen LogP contribution is -2.62. The third-order valence-electron chi connectivity index (χ3n) is 3.47. The van der Waals surface area contributed by atoms with Gasteiger partial charge in [-0.3, -0.25) is 9.48 Å². The SMILES string of the molecule is Cn1ccc(C(=O)NC2CC(C)(C)NC(C)(C)C2)n1. The van der Waals surface area contributed by atoms with Gasteiger partial charge in [0.25, 0.3) is 5.91 Å². The number of carbonyl (C=O) groups is 1. The van der Waals surface area contributed by atoms with Crippen LogP contribution in [-0.4, -0.2) is 32.8 Å². The van der Waals surface area contributed by atoms with Crippen molar-refractivity contribution in [3.8, 4) is 0 Å². The van der Waals surface area contributed by atoms with Crippen molar-refractivity contribution in [3.05, 3.63) is 18.0 Å². The van der Waals surface area contributed by atoms with Gasteiger partial charge in [-0.15, -0.1) is 0 Å². The Morgan fingerprint density at radius 1 is 1.37 bits per heavy atom. The van der Waals surface area contributed by atoms with Gasteiger partial charge < -0.3 is 10.6 Å². The minimum Gasteiger partial charge on any atom is -0.348 e. The molecule has 0 unspecified atom stereocenters. The Balaban J connectivity index is 2.04. The molecule has 1 fully saturated rings. The molecular formula is C14H24N4O. The first-order valence-corrected chi connectivity index (χ1v) is 6.77. The van der Waals surface area contributed by atoms with Gasteiger partial charge in [-0.1, -0.05) is 0 Å². The van der Waals surface area contributed by atoms with Gasteiger partial charge >= 0.3 is 0 Å². The van der Waals surface area contributed by atoms with Crippen molar-refractivity contribution in [2.75, 3.05) is 0 Å². The second-order valence-corrected chi connectivity index (χ2v) is 6.85. The topological polar surface area (TPSA) is 59.0 Å². The summed E-state index contributed by atoms with van der Waals surface area (Å²) in [5.74, 6) is -0.0842. The molecule has 0 aliphatic carbocycles. The summed E-state index contributed by atoms with van der Waals surface area (Å²) in [6.07, 6.45) is 3.63. The maximum atomic E-state index is 12.1. The van der Waals surface area contributed by atoms with Gasteiger partial charge in [-0.2, -0.15) is 5.10 Å². The number of hydrogen-bond acceptors (Lipinski definition) is 3. The molecule has 0 atom stereocenters. The Kier molecular flexibility index (Phi) is 3.43. The Labute approximate surface area is 114 Å². The molecule has 5 nitrogen and oxygen atoms in total. The van der Waals surface area contributed by atoms with Gasteiger partial charge in [0.1, 0.15) is 5.69 Å². The van der Waals surface area contributed by atoms with Crippen LogP contribution in [0.25, 0.3) is 0 Å². The number of aromatic nitrogens is 2. The van der Waals surface area contributed by atoms with Crippen molar-refractivity contribution in [1.29, 1.82) is 0 Å². The Morgan fingerprint density at radius 2 is 1.95 bits per heavy atom. The number of carbonyl (C=O) groups excluding carboxylic acids is 1. The third kappa shape index (κ3) is 3.56. The smallest absolute Gasteiger partial charge is 0.271 e. The van der Waals surface area contributed by atoms with Crippen LogP contribution in [-0.2, 0) is 7.05 Å². The largest absolute Gasteiger partial charge is 0.348 e. The molecule has 1 aromatic heterocycles. The Morgan fingerprint density at radius 3 is 2.42 bits per heavy atom. The van der Waals surface area contributed by atoms with Crippen LogP contribution in [0.1, 0.15) is 51.0 Å². The predicted molar refractivity (Wildman–Crippen MR) is 75.0 cm³/mol. The molecule has 0 spiro atoms. The van der Waals surface area contributed by atoms with Crippen molar-refractivity contribution in [1.82, 2.24) is 20.4 Å². The van der Waals surface area contributed by atoms with Crippen LogP contribution in [0.3, 0.4) is 0 Å². The van der Waals surface area contributed by atoms with Gasteiger partial charge in [0.2, 0.25) is 0 Å². The molecule has 1 aromatic rings. The zero-order chi connectivity index (χ0) is 14.3.